The number of hydrogen-bond acceptors (Lipinski definition) is 7. The standard InChI is InChI=1S/C22H22N4OS3/c1-14(20(27)26-22-25-18(13-29-22)19-9-6-10-28-19)30-21-16(12-23)11-15-7-4-2-3-5-8-17(15)24-21/h6,9-11,13-14H,2-5,7-8H2,1H3,(H,25,26,27). The van der Waals surface area contributed by atoms with Gasteiger partial charge in [0.15, 0.2) is 5.13 Å². The molecule has 0 radical (unpaired) electrons. The molecule has 0 aromatic carbocycles. The van der Waals surface area contributed by atoms with Crippen LogP contribution in [-0.4, -0.2) is 21.1 Å². The number of rotatable bonds is 5. The number of aromatic nitrogens is 2. The first-order chi connectivity index (χ1) is 14.6. The van der Waals surface area contributed by atoms with Gasteiger partial charge in [-0.05, 0) is 55.7 Å². The van der Waals surface area contributed by atoms with E-state index >= 15 is 0 Å². The second kappa shape index (κ2) is 9.73. The van der Waals surface area contributed by atoms with Crippen molar-refractivity contribution in [2.24, 2.45) is 0 Å². The summed E-state index contributed by atoms with van der Waals surface area (Å²) >= 11 is 4.38. The average molecular weight is 455 g/mol. The van der Waals surface area contributed by atoms with Crippen molar-refractivity contribution in [1.82, 2.24) is 9.97 Å². The molecule has 0 spiro atoms. The summed E-state index contributed by atoms with van der Waals surface area (Å²) in [5.74, 6) is -0.135. The van der Waals surface area contributed by atoms with Gasteiger partial charge in [-0.3, -0.25) is 4.79 Å². The lowest BCUT2D eigenvalue weighted by molar-refractivity contribution is -0.115. The van der Waals surface area contributed by atoms with Crippen molar-refractivity contribution in [1.29, 1.82) is 5.26 Å². The van der Waals surface area contributed by atoms with Gasteiger partial charge in [-0.15, -0.1) is 22.7 Å². The van der Waals surface area contributed by atoms with Gasteiger partial charge in [0.25, 0.3) is 0 Å². The molecule has 1 unspecified atom stereocenters. The number of carbonyl (C=O) groups is 1. The normalized spacial score (nSPS) is 14.8. The first-order valence-electron chi connectivity index (χ1n) is 10.0. The predicted molar refractivity (Wildman–Crippen MR) is 124 cm³/mol. The van der Waals surface area contributed by atoms with E-state index in [1.807, 2.05) is 35.9 Å². The fraction of sp³-hybridized carbons (Fsp3) is 0.364. The maximum absolute atomic E-state index is 12.7. The molecule has 3 aromatic rings. The third kappa shape index (κ3) is 4.91. The summed E-state index contributed by atoms with van der Waals surface area (Å²) in [4.78, 5) is 23.1. The van der Waals surface area contributed by atoms with Crippen LogP contribution in [0.3, 0.4) is 0 Å². The van der Waals surface area contributed by atoms with Crippen LogP contribution in [0.2, 0.25) is 0 Å². The molecule has 154 valence electrons. The van der Waals surface area contributed by atoms with Crippen LogP contribution in [0.15, 0.2) is 34.0 Å². The summed E-state index contributed by atoms with van der Waals surface area (Å²) in [7, 11) is 0. The molecule has 0 fully saturated rings. The fourth-order valence-electron chi connectivity index (χ4n) is 3.43. The molecule has 3 heterocycles. The number of thioether (sulfide) groups is 1. The minimum Gasteiger partial charge on any atom is -0.301 e. The number of nitrogens with one attached hydrogen (secondary N) is 1. The number of amides is 1. The maximum Gasteiger partial charge on any atom is 0.239 e. The molecule has 0 aliphatic heterocycles. The summed E-state index contributed by atoms with van der Waals surface area (Å²) < 4.78 is 0. The lowest BCUT2D eigenvalue weighted by Gasteiger charge is -2.16. The quantitative estimate of drug-likeness (QED) is 0.484. The largest absolute Gasteiger partial charge is 0.301 e. The number of anilines is 1. The Balaban J connectivity index is 1.46. The molecule has 1 atom stereocenters. The molecule has 1 N–H and O–H groups in total. The van der Waals surface area contributed by atoms with E-state index in [1.54, 1.807) is 11.3 Å². The molecule has 4 rings (SSSR count). The van der Waals surface area contributed by atoms with Gasteiger partial charge in [0.05, 0.1) is 21.4 Å². The van der Waals surface area contributed by atoms with E-state index in [9.17, 15) is 10.1 Å². The maximum atomic E-state index is 12.7. The van der Waals surface area contributed by atoms with Gasteiger partial charge >= 0.3 is 0 Å². The van der Waals surface area contributed by atoms with Gasteiger partial charge in [0.1, 0.15) is 11.1 Å². The van der Waals surface area contributed by atoms with Crippen molar-refractivity contribution >= 4 is 45.5 Å². The molecule has 8 heteroatoms. The van der Waals surface area contributed by atoms with Crippen molar-refractivity contribution in [3.05, 3.63) is 45.8 Å². The van der Waals surface area contributed by atoms with E-state index < -0.39 is 0 Å². The summed E-state index contributed by atoms with van der Waals surface area (Å²) in [6.07, 6.45) is 6.66. The zero-order valence-corrected chi connectivity index (χ0v) is 19.1. The van der Waals surface area contributed by atoms with Crippen LogP contribution in [0.1, 0.15) is 49.4 Å². The highest BCUT2D eigenvalue weighted by molar-refractivity contribution is 8.00. The number of nitrogens with zero attached hydrogens (tertiary/aromatic N) is 3. The minimum absolute atomic E-state index is 0.135. The first-order valence-corrected chi connectivity index (χ1v) is 12.7. The van der Waals surface area contributed by atoms with E-state index in [0.29, 0.717) is 15.7 Å². The number of nitriles is 1. The molecule has 0 bridgehead atoms. The lowest BCUT2D eigenvalue weighted by atomic mass is 9.96. The van der Waals surface area contributed by atoms with E-state index in [-0.39, 0.29) is 11.2 Å². The third-order valence-corrected chi connectivity index (χ3v) is 7.80. The second-order valence-electron chi connectivity index (χ2n) is 7.24. The van der Waals surface area contributed by atoms with E-state index in [1.165, 1.54) is 41.5 Å². The van der Waals surface area contributed by atoms with Gasteiger partial charge in [-0.2, -0.15) is 5.26 Å². The van der Waals surface area contributed by atoms with Crippen LogP contribution in [0.25, 0.3) is 10.6 Å². The van der Waals surface area contributed by atoms with Crippen molar-refractivity contribution in [3.8, 4) is 16.6 Å². The molecular weight excluding hydrogens is 432 g/mol. The fourth-order valence-corrected chi connectivity index (χ4v) is 5.80. The predicted octanol–water partition coefficient (Wildman–Crippen LogP) is 5.92. The van der Waals surface area contributed by atoms with Crippen molar-refractivity contribution < 1.29 is 4.79 Å². The Kier molecular flexibility index (Phi) is 6.82. The molecule has 0 saturated heterocycles. The molecule has 0 saturated carbocycles. The van der Waals surface area contributed by atoms with Gasteiger partial charge in [0.2, 0.25) is 5.91 Å². The number of carbonyl (C=O) groups excluding carboxylic acids is 1. The van der Waals surface area contributed by atoms with Gasteiger partial charge in [-0.1, -0.05) is 30.7 Å². The van der Waals surface area contributed by atoms with E-state index in [4.69, 9.17) is 4.98 Å². The molecule has 1 amide bonds. The number of pyridine rings is 1. The molecule has 5 nitrogen and oxygen atoms in total. The zero-order valence-electron chi connectivity index (χ0n) is 16.7. The zero-order chi connectivity index (χ0) is 20.9. The number of thiazole rings is 1. The Morgan fingerprint density at radius 1 is 1.23 bits per heavy atom. The van der Waals surface area contributed by atoms with Crippen LogP contribution in [-0.2, 0) is 17.6 Å². The summed E-state index contributed by atoms with van der Waals surface area (Å²) in [6.45, 7) is 1.84. The first kappa shape index (κ1) is 21.0. The second-order valence-corrected chi connectivity index (χ2v) is 10.4. The highest BCUT2D eigenvalue weighted by Gasteiger charge is 2.21. The highest BCUT2D eigenvalue weighted by atomic mass is 32.2. The summed E-state index contributed by atoms with van der Waals surface area (Å²) in [5, 5.41) is 17.3. The Morgan fingerprint density at radius 2 is 2.07 bits per heavy atom. The Morgan fingerprint density at radius 3 is 2.83 bits per heavy atom. The molecular formula is C22H22N4OS3. The third-order valence-electron chi connectivity index (χ3n) is 5.05. The van der Waals surface area contributed by atoms with Crippen LogP contribution in [0, 0.1) is 11.3 Å². The van der Waals surface area contributed by atoms with Crippen LogP contribution in [0.5, 0.6) is 0 Å². The Labute approximate surface area is 188 Å². The molecule has 1 aliphatic rings. The van der Waals surface area contributed by atoms with Crippen LogP contribution >= 0.6 is 34.4 Å². The minimum atomic E-state index is -0.384. The molecule has 30 heavy (non-hydrogen) atoms. The SMILES string of the molecule is CC(Sc1nc2c(cc1C#N)CCCCCC2)C(=O)Nc1nc(-c2cccs2)cs1. The van der Waals surface area contributed by atoms with Crippen molar-refractivity contribution in [2.45, 2.75) is 55.7 Å². The summed E-state index contributed by atoms with van der Waals surface area (Å²) in [5.41, 5.74) is 3.72. The van der Waals surface area contributed by atoms with E-state index in [0.717, 1.165) is 41.9 Å². The number of hydrogen-bond donors (Lipinski definition) is 1. The highest BCUT2D eigenvalue weighted by Crippen LogP contribution is 2.31. The smallest absolute Gasteiger partial charge is 0.239 e. The lowest BCUT2D eigenvalue weighted by Crippen LogP contribution is -2.22. The van der Waals surface area contributed by atoms with Gasteiger partial charge in [-0.25, -0.2) is 9.97 Å². The van der Waals surface area contributed by atoms with Crippen molar-refractivity contribution in [2.75, 3.05) is 5.32 Å². The van der Waals surface area contributed by atoms with E-state index in [2.05, 4.69) is 16.4 Å². The molecule has 1 aliphatic carbocycles. The van der Waals surface area contributed by atoms with Crippen molar-refractivity contribution in [3.63, 3.8) is 0 Å². The monoisotopic (exact) mass is 454 g/mol. The van der Waals surface area contributed by atoms with Gasteiger partial charge < -0.3 is 5.32 Å². The number of aryl methyl sites for hydroxylation is 2. The van der Waals surface area contributed by atoms with Crippen LogP contribution in [0.4, 0.5) is 5.13 Å². The Hall–Kier alpha value is -2.21. The molecule has 3 aromatic heterocycles. The van der Waals surface area contributed by atoms with Crippen LogP contribution < -0.4 is 5.32 Å². The number of fused-ring (bicyclic) bond motifs is 1. The topological polar surface area (TPSA) is 78.7 Å². The summed E-state index contributed by atoms with van der Waals surface area (Å²) in [6, 6.07) is 8.25. The van der Waals surface area contributed by atoms with Gasteiger partial charge in [0, 0.05) is 11.1 Å². The average Bonchev–Trinajstić information content (AvgIpc) is 3.40. The number of thiophene rings is 1. The Bertz CT molecular complexity index is 1070.